The van der Waals surface area contributed by atoms with E-state index in [1.165, 1.54) is 0 Å². The summed E-state index contributed by atoms with van der Waals surface area (Å²) in [5, 5.41) is 0. The van der Waals surface area contributed by atoms with E-state index in [0.717, 1.165) is 5.56 Å². The van der Waals surface area contributed by atoms with E-state index in [-0.39, 0.29) is 0 Å². The summed E-state index contributed by atoms with van der Waals surface area (Å²) in [6, 6.07) is 3.50. The minimum Gasteiger partial charge on any atom is -0.399 e. The molecule has 0 saturated carbocycles. The second-order valence-corrected chi connectivity index (χ2v) is 7.07. The van der Waals surface area contributed by atoms with E-state index in [0.29, 0.717) is 50.7 Å². The van der Waals surface area contributed by atoms with Crippen LogP contribution in [0.5, 0.6) is 0 Å². The second-order valence-electron chi connectivity index (χ2n) is 7.07. The predicted octanol–water partition coefficient (Wildman–Crippen LogP) is 0.00472. The number of anilines is 1. The third-order valence-electron chi connectivity index (χ3n) is 5.29. The van der Waals surface area contributed by atoms with Gasteiger partial charge in [-0.3, -0.25) is 5.73 Å². The third kappa shape index (κ3) is 1.94. The van der Waals surface area contributed by atoms with Crippen molar-refractivity contribution < 1.29 is 9.78 Å². The van der Waals surface area contributed by atoms with Gasteiger partial charge in [-0.2, -0.15) is 0 Å². The van der Waals surface area contributed by atoms with Crippen molar-refractivity contribution in [3.63, 3.8) is 0 Å². The summed E-state index contributed by atoms with van der Waals surface area (Å²) in [5.74, 6) is 0. The summed E-state index contributed by atoms with van der Waals surface area (Å²) in [5.41, 5.74) is 40.7. The van der Waals surface area contributed by atoms with Crippen LogP contribution in [-0.2, 0) is 9.78 Å². The fraction of sp³-hybridized carbons (Fsp3) is 0.222. The molecule has 0 radical (unpaired) electrons. The van der Waals surface area contributed by atoms with E-state index in [2.05, 4.69) is 0 Å². The quantitative estimate of drug-likeness (QED) is 0.279. The number of benzene rings is 1. The van der Waals surface area contributed by atoms with Crippen molar-refractivity contribution in [2.45, 2.75) is 25.2 Å². The van der Waals surface area contributed by atoms with Crippen molar-refractivity contribution in [1.29, 1.82) is 0 Å². The lowest BCUT2D eigenvalue weighted by Gasteiger charge is -2.47. The number of fused-ring (bicyclic) bond motifs is 3. The molecular formula is C18H22N6O2. The Labute approximate surface area is 150 Å². The average molecular weight is 354 g/mol. The van der Waals surface area contributed by atoms with Crippen LogP contribution in [0, 0.1) is 6.92 Å². The molecule has 2 aliphatic heterocycles. The summed E-state index contributed by atoms with van der Waals surface area (Å²) in [4.78, 5) is 10.9. The molecule has 0 fully saturated rings. The molecule has 5 rings (SSSR count). The first-order valence-electron chi connectivity index (χ1n) is 8.12. The summed E-state index contributed by atoms with van der Waals surface area (Å²) in [6.45, 7) is 3.67. The second kappa shape index (κ2) is 4.82. The number of hydrogen-bond donors (Lipinski definition) is 6. The van der Waals surface area contributed by atoms with E-state index in [4.69, 9.17) is 44.2 Å². The Kier molecular flexibility index (Phi) is 3.06. The molecule has 8 heteroatoms. The van der Waals surface area contributed by atoms with Crippen LogP contribution in [0.4, 0.5) is 5.69 Å². The number of rotatable bonds is 0. The molecule has 0 saturated heterocycles. The zero-order valence-electron chi connectivity index (χ0n) is 14.6. The van der Waals surface area contributed by atoms with Crippen LogP contribution in [0.25, 0.3) is 11.4 Å². The zero-order chi connectivity index (χ0) is 19.0. The van der Waals surface area contributed by atoms with E-state index in [1.807, 2.05) is 6.92 Å². The minimum atomic E-state index is -1.32. The van der Waals surface area contributed by atoms with Crippen molar-refractivity contribution >= 4 is 17.1 Å². The first-order valence-corrected chi connectivity index (χ1v) is 8.12. The first-order chi connectivity index (χ1) is 12.1. The molecule has 2 aliphatic carbocycles. The predicted molar refractivity (Wildman–Crippen MR) is 99.8 cm³/mol. The Bertz CT molecular complexity index is 920. The monoisotopic (exact) mass is 354 g/mol. The highest BCUT2D eigenvalue weighted by Crippen LogP contribution is 2.48. The molecule has 136 valence electrons. The van der Waals surface area contributed by atoms with Crippen LogP contribution in [0.3, 0.4) is 0 Å². The van der Waals surface area contributed by atoms with Gasteiger partial charge in [0.25, 0.3) is 0 Å². The zero-order valence-corrected chi connectivity index (χ0v) is 14.6. The molecule has 1 aromatic rings. The third-order valence-corrected chi connectivity index (χ3v) is 5.29. The molecule has 12 N–H and O–H groups in total. The van der Waals surface area contributed by atoms with Crippen molar-refractivity contribution in [3.05, 3.63) is 63.5 Å². The molecule has 6 bridgehead atoms. The van der Waals surface area contributed by atoms with Crippen LogP contribution < -0.4 is 34.4 Å². The van der Waals surface area contributed by atoms with Gasteiger partial charge in [-0.25, -0.2) is 9.78 Å². The molecule has 26 heavy (non-hydrogen) atoms. The highest BCUT2D eigenvalue weighted by molar-refractivity contribution is 5.84. The molecule has 1 aromatic carbocycles. The Hall–Kier alpha value is -2.94. The van der Waals surface area contributed by atoms with E-state index in [9.17, 15) is 0 Å². The molecule has 0 amide bonds. The van der Waals surface area contributed by atoms with Crippen LogP contribution >= 0.6 is 0 Å². The molecule has 2 heterocycles. The van der Waals surface area contributed by atoms with Gasteiger partial charge in [0.15, 0.2) is 11.3 Å². The van der Waals surface area contributed by atoms with Crippen molar-refractivity contribution in [2.24, 2.45) is 28.7 Å². The normalized spacial score (nSPS) is 35.8. The highest BCUT2D eigenvalue weighted by Gasteiger charge is 2.51. The fourth-order valence-electron chi connectivity index (χ4n) is 3.75. The minimum absolute atomic E-state index is 0.323. The highest BCUT2D eigenvalue weighted by atomic mass is 17.2. The van der Waals surface area contributed by atoms with Gasteiger partial charge in [-0.1, -0.05) is 0 Å². The maximum atomic E-state index is 6.43. The molecule has 0 atom stereocenters. The number of hydrogen-bond acceptors (Lipinski definition) is 8. The molecule has 0 unspecified atom stereocenters. The molecule has 0 spiro atoms. The average Bonchev–Trinajstić information content (AvgIpc) is 2.60. The lowest BCUT2D eigenvalue weighted by molar-refractivity contribution is -0.390. The van der Waals surface area contributed by atoms with Gasteiger partial charge in [0.2, 0.25) is 0 Å². The summed E-state index contributed by atoms with van der Waals surface area (Å²) in [6.07, 6.45) is 3.35. The summed E-state index contributed by atoms with van der Waals surface area (Å²) in [7, 11) is 0. The van der Waals surface area contributed by atoms with Gasteiger partial charge in [0.1, 0.15) is 0 Å². The largest absolute Gasteiger partial charge is 0.399 e. The summed E-state index contributed by atoms with van der Waals surface area (Å²) >= 11 is 0. The lowest BCUT2D eigenvalue weighted by Crippen LogP contribution is -2.56. The number of nitrogen functional groups attached to an aromatic ring is 1. The van der Waals surface area contributed by atoms with Crippen molar-refractivity contribution in [2.75, 3.05) is 5.73 Å². The topological polar surface area (TPSA) is 175 Å². The van der Waals surface area contributed by atoms with Gasteiger partial charge in [-0.05, 0) is 43.7 Å². The Balaban J connectivity index is 2.18. The van der Waals surface area contributed by atoms with Crippen molar-refractivity contribution in [3.8, 4) is 0 Å². The standard InChI is InChI=1S/C18H22N6O2/c1-7-9-3-8(19)4-10(7)14(21)16(23)12-6-18(24)5-11(15(22)13(9)20)17(12,2)25-26-18/h3-6H,19-24H2,1-2H3/b15-13-,16-14-. The molecular weight excluding hydrogens is 332 g/mol. The van der Waals surface area contributed by atoms with Gasteiger partial charge in [-0.15, -0.1) is 0 Å². The maximum absolute atomic E-state index is 6.43. The molecule has 8 nitrogen and oxygen atoms in total. The van der Waals surface area contributed by atoms with Gasteiger partial charge < -0.3 is 28.7 Å². The van der Waals surface area contributed by atoms with Crippen molar-refractivity contribution in [1.82, 2.24) is 0 Å². The smallest absolute Gasteiger partial charge is 0.190 e. The van der Waals surface area contributed by atoms with Crippen LogP contribution in [0.1, 0.15) is 23.6 Å². The van der Waals surface area contributed by atoms with Crippen LogP contribution in [0.2, 0.25) is 0 Å². The van der Waals surface area contributed by atoms with Gasteiger partial charge in [0.05, 0.1) is 22.8 Å². The lowest BCUT2D eigenvalue weighted by atomic mass is 9.74. The van der Waals surface area contributed by atoms with E-state index in [1.54, 1.807) is 31.2 Å². The summed E-state index contributed by atoms with van der Waals surface area (Å²) < 4.78 is 0. The SMILES string of the molecule is Cc1c2cc(N)cc1/C(N)=C(/N)C1=CC3(N)C=C(/C(N)=C\2N)C1(C)OO3. The fourth-order valence-corrected chi connectivity index (χ4v) is 3.75. The van der Waals surface area contributed by atoms with Crippen LogP contribution in [-0.4, -0.2) is 11.3 Å². The van der Waals surface area contributed by atoms with Gasteiger partial charge >= 0.3 is 0 Å². The molecule has 0 aromatic heterocycles. The maximum Gasteiger partial charge on any atom is 0.190 e. The van der Waals surface area contributed by atoms with Gasteiger partial charge in [0, 0.05) is 28.0 Å². The number of nitrogens with two attached hydrogens (primary N) is 6. The Morgan fingerprint density at radius 1 is 0.769 bits per heavy atom. The Morgan fingerprint density at radius 2 is 1.23 bits per heavy atom. The Morgan fingerprint density at radius 3 is 1.69 bits per heavy atom. The van der Waals surface area contributed by atoms with Crippen LogP contribution in [0.15, 0.2) is 46.8 Å². The first kappa shape index (κ1) is 16.5. The molecule has 4 aliphatic rings. The van der Waals surface area contributed by atoms with E-state index >= 15 is 0 Å². The van der Waals surface area contributed by atoms with E-state index < -0.39 is 11.3 Å².